The highest BCUT2D eigenvalue weighted by atomic mass is 31.2. The number of esters is 1. The van der Waals surface area contributed by atoms with Crippen LogP contribution in [0.5, 0.6) is 0 Å². The lowest BCUT2D eigenvalue weighted by Gasteiger charge is -2.20. The van der Waals surface area contributed by atoms with Crippen LogP contribution in [0.1, 0.15) is 309 Å². The van der Waals surface area contributed by atoms with Crippen molar-refractivity contribution in [2.24, 2.45) is 5.73 Å². The van der Waals surface area contributed by atoms with Crippen LogP contribution in [-0.2, 0) is 27.9 Å². The minimum absolute atomic E-state index is 0.0910. The third kappa shape index (κ3) is 54.2. The highest BCUT2D eigenvalue weighted by Crippen LogP contribution is 2.43. The van der Waals surface area contributed by atoms with Crippen molar-refractivity contribution in [3.05, 3.63) is 12.2 Å². The van der Waals surface area contributed by atoms with Gasteiger partial charge in [-0.2, -0.15) is 0 Å². The number of phosphoric acid groups is 1. The number of hydrogen-bond donors (Lipinski definition) is 2. The van der Waals surface area contributed by atoms with E-state index in [1.807, 2.05) is 0 Å². The van der Waals surface area contributed by atoms with Crippen LogP contribution in [0.2, 0.25) is 0 Å². The first-order valence-electron chi connectivity index (χ1n) is 29.2. The van der Waals surface area contributed by atoms with Crippen LogP contribution in [0.25, 0.3) is 0 Å². The van der Waals surface area contributed by atoms with E-state index in [0.29, 0.717) is 13.0 Å². The first-order valence-corrected chi connectivity index (χ1v) is 30.7. The number of allylic oxidation sites excluding steroid dienone is 2. The van der Waals surface area contributed by atoms with E-state index in [-0.39, 0.29) is 32.3 Å². The summed E-state index contributed by atoms with van der Waals surface area (Å²) in [6.07, 6.45) is 64.1. The molecule has 0 fully saturated rings. The fourth-order valence-corrected chi connectivity index (χ4v) is 9.64. The average Bonchev–Trinajstić information content (AvgIpc) is 3.31. The zero-order chi connectivity index (χ0) is 48.0. The summed E-state index contributed by atoms with van der Waals surface area (Å²) in [5.41, 5.74) is 5.40. The van der Waals surface area contributed by atoms with Gasteiger partial charge in [0.15, 0.2) is 0 Å². The van der Waals surface area contributed by atoms with Gasteiger partial charge in [0.25, 0.3) is 0 Å². The Kier molecular flexibility index (Phi) is 54.5. The quantitative estimate of drug-likeness (QED) is 0.0268. The van der Waals surface area contributed by atoms with Gasteiger partial charge in [-0.1, -0.05) is 276 Å². The minimum atomic E-state index is -4.28. The molecule has 0 saturated carbocycles. The van der Waals surface area contributed by atoms with E-state index in [1.165, 1.54) is 257 Å². The first kappa shape index (κ1) is 65.2. The summed E-state index contributed by atoms with van der Waals surface area (Å²) in [7, 11) is -4.28. The summed E-state index contributed by atoms with van der Waals surface area (Å²) in [5.74, 6) is -0.321. The molecule has 0 amide bonds. The van der Waals surface area contributed by atoms with Crippen LogP contribution in [-0.4, -0.2) is 49.9 Å². The maximum atomic E-state index is 12.7. The van der Waals surface area contributed by atoms with Gasteiger partial charge < -0.3 is 20.1 Å². The molecular formula is C57H114NO7P. The molecule has 394 valence electrons. The van der Waals surface area contributed by atoms with E-state index in [9.17, 15) is 14.3 Å². The van der Waals surface area contributed by atoms with E-state index < -0.39 is 13.9 Å². The average molecular weight is 957 g/mol. The lowest BCUT2D eigenvalue weighted by atomic mass is 10.0. The first-order chi connectivity index (χ1) is 32.4. The van der Waals surface area contributed by atoms with Crippen molar-refractivity contribution >= 4 is 13.8 Å². The van der Waals surface area contributed by atoms with Gasteiger partial charge in [0, 0.05) is 19.6 Å². The lowest BCUT2D eigenvalue weighted by Crippen LogP contribution is -2.28. The summed E-state index contributed by atoms with van der Waals surface area (Å²) in [6.45, 7) is 5.01. The predicted molar refractivity (Wildman–Crippen MR) is 284 cm³/mol. The second kappa shape index (κ2) is 55.2. The number of rotatable bonds is 57. The second-order valence-electron chi connectivity index (χ2n) is 19.9. The monoisotopic (exact) mass is 956 g/mol. The number of carbonyl (C=O) groups is 1. The van der Waals surface area contributed by atoms with Crippen LogP contribution in [0.15, 0.2) is 12.2 Å². The van der Waals surface area contributed by atoms with E-state index in [0.717, 1.165) is 32.1 Å². The van der Waals surface area contributed by atoms with Gasteiger partial charge in [0.1, 0.15) is 6.10 Å². The fourth-order valence-electron chi connectivity index (χ4n) is 8.88. The van der Waals surface area contributed by atoms with Crippen LogP contribution in [0, 0.1) is 0 Å². The highest BCUT2D eigenvalue weighted by molar-refractivity contribution is 7.47. The second-order valence-corrected chi connectivity index (χ2v) is 21.3. The molecule has 0 spiro atoms. The van der Waals surface area contributed by atoms with Crippen molar-refractivity contribution in [2.75, 3.05) is 33.0 Å². The Bertz CT molecular complexity index is 1030. The van der Waals surface area contributed by atoms with E-state index >= 15 is 0 Å². The molecule has 0 saturated heterocycles. The predicted octanol–water partition coefficient (Wildman–Crippen LogP) is 18.5. The molecule has 0 aliphatic heterocycles. The van der Waals surface area contributed by atoms with Gasteiger partial charge >= 0.3 is 13.8 Å². The Labute approximate surface area is 411 Å². The molecule has 0 aromatic carbocycles. The Balaban J connectivity index is 3.82. The largest absolute Gasteiger partial charge is 0.472 e. The van der Waals surface area contributed by atoms with Crippen molar-refractivity contribution in [2.45, 2.75) is 315 Å². The highest BCUT2D eigenvalue weighted by Gasteiger charge is 2.25. The number of hydrogen-bond acceptors (Lipinski definition) is 7. The standard InChI is InChI=1S/C57H114NO7P/c1-3-5-7-9-11-13-15-17-19-21-23-25-26-27-28-29-31-33-35-37-39-41-43-45-47-49-52-62-54-56(55-64-66(60,61)63-53-51-58)65-57(59)50-48-46-44-42-40-38-36-34-32-30-24-22-20-18-16-14-12-10-8-6-4-2/h21,23,56H,3-20,22,24-55,58H2,1-2H3,(H,60,61)/b23-21-. The Morgan fingerprint density at radius 2 is 0.758 bits per heavy atom. The van der Waals surface area contributed by atoms with Gasteiger partial charge in [0.05, 0.1) is 19.8 Å². The molecule has 8 nitrogen and oxygen atoms in total. The molecule has 0 aromatic heterocycles. The summed E-state index contributed by atoms with van der Waals surface area (Å²) in [5, 5.41) is 0. The van der Waals surface area contributed by atoms with E-state index in [1.54, 1.807) is 0 Å². The van der Waals surface area contributed by atoms with Crippen molar-refractivity contribution < 1.29 is 32.8 Å². The van der Waals surface area contributed by atoms with Crippen LogP contribution < -0.4 is 5.73 Å². The number of phosphoric ester groups is 1. The molecule has 66 heavy (non-hydrogen) atoms. The van der Waals surface area contributed by atoms with Gasteiger partial charge in [-0.05, 0) is 38.5 Å². The smallest absolute Gasteiger partial charge is 0.457 e. The van der Waals surface area contributed by atoms with Gasteiger partial charge in [-0.15, -0.1) is 0 Å². The maximum absolute atomic E-state index is 12.7. The minimum Gasteiger partial charge on any atom is -0.457 e. The lowest BCUT2D eigenvalue weighted by molar-refractivity contribution is -0.154. The molecular weight excluding hydrogens is 842 g/mol. The van der Waals surface area contributed by atoms with Gasteiger partial charge in [0.2, 0.25) is 0 Å². The molecule has 9 heteroatoms. The van der Waals surface area contributed by atoms with Crippen LogP contribution in [0.4, 0.5) is 0 Å². The normalized spacial score (nSPS) is 13.2. The molecule has 0 aliphatic rings. The number of unbranched alkanes of at least 4 members (excludes halogenated alkanes) is 42. The van der Waals surface area contributed by atoms with E-state index in [2.05, 4.69) is 26.0 Å². The van der Waals surface area contributed by atoms with Crippen molar-refractivity contribution in [3.8, 4) is 0 Å². The van der Waals surface area contributed by atoms with Crippen molar-refractivity contribution in [1.29, 1.82) is 0 Å². The molecule has 2 unspecified atom stereocenters. The summed E-state index contributed by atoms with van der Waals surface area (Å²) in [6, 6.07) is 0. The maximum Gasteiger partial charge on any atom is 0.472 e. The summed E-state index contributed by atoms with van der Waals surface area (Å²) in [4.78, 5) is 22.7. The van der Waals surface area contributed by atoms with Crippen LogP contribution in [0.3, 0.4) is 0 Å². The topological polar surface area (TPSA) is 117 Å². The van der Waals surface area contributed by atoms with Gasteiger partial charge in [-0.25, -0.2) is 4.57 Å². The van der Waals surface area contributed by atoms with Crippen LogP contribution >= 0.6 is 7.82 Å². The molecule has 0 heterocycles. The number of carbonyl (C=O) groups excluding carboxylic acids is 1. The van der Waals surface area contributed by atoms with Gasteiger partial charge in [-0.3, -0.25) is 13.8 Å². The fraction of sp³-hybridized carbons (Fsp3) is 0.947. The molecule has 0 rings (SSSR count). The van der Waals surface area contributed by atoms with Crippen molar-refractivity contribution in [3.63, 3.8) is 0 Å². The molecule has 2 atom stereocenters. The molecule has 0 bridgehead atoms. The number of nitrogens with two attached hydrogens (primary N) is 1. The molecule has 3 N–H and O–H groups in total. The molecule has 0 aliphatic carbocycles. The van der Waals surface area contributed by atoms with E-state index in [4.69, 9.17) is 24.3 Å². The summed E-state index contributed by atoms with van der Waals surface area (Å²) >= 11 is 0. The Morgan fingerprint density at radius 1 is 0.439 bits per heavy atom. The molecule has 0 aromatic rings. The Morgan fingerprint density at radius 3 is 1.11 bits per heavy atom. The number of ether oxygens (including phenoxy) is 2. The summed E-state index contributed by atoms with van der Waals surface area (Å²) < 4.78 is 33.7. The molecule has 0 radical (unpaired) electrons. The third-order valence-corrected chi connectivity index (χ3v) is 14.2. The third-order valence-electron chi connectivity index (χ3n) is 13.2. The SMILES string of the molecule is CCCCCCCCCC/C=C\CCCCCCCCCCCCCCCCOCC(COP(=O)(O)OCCN)OC(=O)CCCCCCCCCCCCCCCCCCCCCCC. The zero-order valence-electron chi connectivity index (χ0n) is 44.2. The van der Waals surface area contributed by atoms with Crippen molar-refractivity contribution in [1.82, 2.24) is 0 Å². The Hall–Kier alpha value is -0.760. The zero-order valence-corrected chi connectivity index (χ0v) is 45.1.